The minimum atomic E-state index is -0.0576. The second-order valence-corrected chi connectivity index (χ2v) is 5.86. The van der Waals surface area contributed by atoms with Gasteiger partial charge in [0.05, 0.1) is 24.1 Å². The monoisotopic (exact) mass is 275 g/mol. The summed E-state index contributed by atoms with van der Waals surface area (Å²) < 4.78 is 1.85. The molecular formula is C15H21N3O2. The van der Waals surface area contributed by atoms with Crippen molar-refractivity contribution in [2.24, 2.45) is 11.8 Å². The van der Waals surface area contributed by atoms with E-state index in [0.717, 1.165) is 43.5 Å². The normalized spacial score (nSPS) is 26.2. The maximum atomic E-state index is 12.4. The van der Waals surface area contributed by atoms with Crippen LogP contribution in [0.15, 0.2) is 6.20 Å². The number of nitrogens with zero attached hydrogens (tertiary/aromatic N) is 3. The Morgan fingerprint density at radius 2 is 1.80 bits per heavy atom. The topological polar surface area (TPSA) is 55.2 Å². The summed E-state index contributed by atoms with van der Waals surface area (Å²) in [7, 11) is 0. The van der Waals surface area contributed by atoms with E-state index in [2.05, 4.69) is 5.10 Å². The van der Waals surface area contributed by atoms with Crippen molar-refractivity contribution in [1.82, 2.24) is 14.7 Å². The minimum Gasteiger partial charge on any atom is -0.277 e. The molecular weight excluding hydrogens is 254 g/mol. The van der Waals surface area contributed by atoms with Crippen molar-refractivity contribution in [3.05, 3.63) is 17.5 Å². The van der Waals surface area contributed by atoms with Gasteiger partial charge in [0.15, 0.2) is 0 Å². The van der Waals surface area contributed by atoms with Gasteiger partial charge in [-0.1, -0.05) is 12.8 Å². The van der Waals surface area contributed by atoms with E-state index < -0.39 is 0 Å². The molecule has 1 aliphatic carbocycles. The van der Waals surface area contributed by atoms with E-state index in [-0.39, 0.29) is 23.7 Å². The molecule has 5 nitrogen and oxygen atoms in total. The summed E-state index contributed by atoms with van der Waals surface area (Å²) in [6, 6.07) is 0. The molecule has 2 amide bonds. The fourth-order valence-corrected chi connectivity index (χ4v) is 3.43. The van der Waals surface area contributed by atoms with Crippen LogP contribution in [0.5, 0.6) is 0 Å². The Kier molecular flexibility index (Phi) is 3.36. The van der Waals surface area contributed by atoms with Crippen LogP contribution in [0.4, 0.5) is 0 Å². The maximum absolute atomic E-state index is 12.4. The van der Waals surface area contributed by atoms with Gasteiger partial charge in [-0.25, -0.2) is 0 Å². The molecule has 0 N–H and O–H groups in total. The lowest BCUT2D eigenvalue weighted by Gasteiger charge is -2.19. The van der Waals surface area contributed by atoms with Gasteiger partial charge in [-0.15, -0.1) is 0 Å². The van der Waals surface area contributed by atoms with Crippen LogP contribution in [-0.4, -0.2) is 26.5 Å². The number of fused-ring (bicyclic) bond motifs is 1. The predicted octanol–water partition coefficient (Wildman–Crippen LogP) is 1.89. The Labute approximate surface area is 118 Å². The zero-order valence-corrected chi connectivity index (χ0v) is 12.1. The van der Waals surface area contributed by atoms with Gasteiger partial charge in [-0.2, -0.15) is 5.10 Å². The zero-order chi connectivity index (χ0) is 14.3. The molecule has 0 spiro atoms. The van der Waals surface area contributed by atoms with Gasteiger partial charge in [0.25, 0.3) is 0 Å². The number of imide groups is 1. The second-order valence-electron chi connectivity index (χ2n) is 5.86. The summed E-state index contributed by atoms with van der Waals surface area (Å²) in [5, 5.41) is 4.38. The first-order valence-corrected chi connectivity index (χ1v) is 7.50. The quantitative estimate of drug-likeness (QED) is 0.792. The molecule has 1 aliphatic heterocycles. The molecule has 2 atom stereocenters. The molecule has 1 saturated carbocycles. The SMILES string of the molecule is CCn1cc(CN2C(=O)[C@H]3CCCC[C@@H]3C2=O)c(C)n1. The average Bonchev–Trinajstić information content (AvgIpc) is 2.93. The van der Waals surface area contributed by atoms with E-state index in [9.17, 15) is 9.59 Å². The lowest BCUT2D eigenvalue weighted by atomic mass is 9.81. The summed E-state index contributed by atoms with van der Waals surface area (Å²) in [6.07, 6.45) is 5.83. The Bertz CT molecular complexity index is 525. The standard InChI is InChI=1S/C15H21N3O2/c1-3-17-8-11(10(2)16-17)9-18-14(19)12-6-4-5-7-13(12)15(18)20/h8,12-13H,3-7,9H2,1-2H3/t12-,13-/m0/s1. The van der Waals surface area contributed by atoms with Gasteiger partial charge in [0.2, 0.25) is 11.8 Å². The average molecular weight is 275 g/mol. The molecule has 2 aliphatic rings. The first-order valence-electron chi connectivity index (χ1n) is 7.50. The van der Waals surface area contributed by atoms with Crippen LogP contribution in [0.25, 0.3) is 0 Å². The van der Waals surface area contributed by atoms with Gasteiger partial charge in [0, 0.05) is 18.3 Å². The van der Waals surface area contributed by atoms with Gasteiger partial charge < -0.3 is 0 Å². The molecule has 3 rings (SSSR count). The Hall–Kier alpha value is -1.65. The Morgan fingerprint density at radius 1 is 1.20 bits per heavy atom. The molecule has 1 saturated heterocycles. The highest BCUT2D eigenvalue weighted by Crippen LogP contribution is 2.38. The molecule has 1 aromatic rings. The predicted molar refractivity (Wildman–Crippen MR) is 73.6 cm³/mol. The van der Waals surface area contributed by atoms with E-state index >= 15 is 0 Å². The highest BCUT2D eigenvalue weighted by atomic mass is 16.2. The number of carbonyl (C=O) groups excluding carboxylic acids is 2. The fraction of sp³-hybridized carbons (Fsp3) is 0.667. The van der Waals surface area contributed by atoms with E-state index in [1.165, 1.54) is 4.90 Å². The molecule has 0 bridgehead atoms. The molecule has 2 fully saturated rings. The number of likely N-dealkylation sites (tertiary alicyclic amines) is 1. The third kappa shape index (κ3) is 2.05. The van der Waals surface area contributed by atoms with Crippen molar-refractivity contribution in [2.45, 2.75) is 52.6 Å². The third-order valence-corrected chi connectivity index (χ3v) is 4.63. The molecule has 108 valence electrons. The lowest BCUT2D eigenvalue weighted by molar-refractivity contribution is -0.140. The minimum absolute atomic E-state index is 0.0309. The number of hydrogen-bond acceptors (Lipinski definition) is 3. The summed E-state index contributed by atoms with van der Waals surface area (Å²) >= 11 is 0. The molecule has 20 heavy (non-hydrogen) atoms. The van der Waals surface area contributed by atoms with Gasteiger partial charge in [-0.05, 0) is 26.7 Å². The first-order chi connectivity index (χ1) is 9.61. The van der Waals surface area contributed by atoms with Crippen LogP contribution in [0.2, 0.25) is 0 Å². The molecule has 0 aromatic carbocycles. The van der Waals surface area contributed by atoms with E-state index in [1.54, 1.807) is 0 Å². The van der Waals surface area contributed by atoms with Crippen LogP contribution in [0.1, 0.15) is 43.9 Å². The molecule has 2 heterocycles. The summed E-state index contributed by atoms with van der Waals surface area (Å²) in [4.78, 5) is 26.3. The lowest BCUT2D eigenvalue weighted by Crippen LogP contribution is -2.30. The Morgan fingerprint density at radius 3 is 2.30 bits per heavy atom. The van der Waals surface area contributed by atoms with Crippen LogP contribution in [-0.2, 0) is 22.7 Å². The number of carbonyl (C=O) groups is 2. The molecule has 5 heteroatoms. The van der Waals surface area contributed by atoms with Crippen LogP contribution >= 0.6 is 0 Å². The zero-order valence-electron chi connectivity index (χ0n) is 12.1. The van der Waals surface area contributed by atoms with Crippen molar-refractivity contribution in [3.63, 3.8) is 0 Å². The van der Waals surface area contributed by atoms with E-state index in [1.807, 2.05) is 24.7 Å². The fourth-order valence-electron chi connectivity index (χ4n) is 3.43. The van der Waals surface area contributed by atoms with Crippen molar-refractivity contribution >= 4 is 11.8 Å². The number of aryl methyl sites for hydroxylation is 2. The van der Waals surface area contributed by atoms with Gasteiger partial charge >= 0.3 is 0 Å². The van der Waals surface area contributed by atoms with Gasteiger partial charge in [-0.3, -0.25) is 19.2 Å². The highest BCUT2D eigenvalue weighted by molar-refractivity contribution is 6.05. The number of rotatable bonds is 3. The van der Waals surface area contributed by atoms with E-state index in [0.29, 0.717) is 6.54 Å². The molecule has 0 radical (unpaired) electrons. The number of amides is 2. The van der Waals surface area contributed by atoms with Crippen molar-refractivity contribution in [1.29, 1.82) is 0 Å². The number of hydrogen-bond donors (Lipinski definition) is 0. The summed E-state index contributed by atoms with van der Waals surface area (Å²) in [5.41, 5.74) is 1.88. The molecule has 0 unspecified atom stereocenters. The van der Waals surface area contributed by atoms with Crippen molar-refractivity contribution in [2.75, 3.05) is 0 Å². The van der Waals surface area contributed by atoms with Crippen molar-refractivity contribution < 1.29 is 9.59 Å². The highest BCUT2D eigenvalue weighted by Gasteiger charge is 2.48. The molecule has 1 aromatic heterocycles. The smallest absolute Gasteiger partial charge is 0.233 e. The number of aromatic nitrogens is 2. The van der Waals surface area contributed by atoms with E-state index in [4.69, 9.17) is 0 Å². The summed E-state index contributed by atoms with van der Waals surface area (Å²) in [6.45, 7) is 5.14. The third-order valence-electron chi connectivity index (χ3n) is 4.63. The van der Waals surface area contributed by atoms with Crippen molar-refractivity contribution in [3.8, 4) is 0 Å². The largest absolute Gasteiger partial charge is 0.277 e. The van der Waals surface area contributed by atoms with Crippen LogP contribution < -0.4 is 0 Å². The van der Waals surface area contributed by atoms with Crippen LogP contribution in [0.3, 0.4) is 0 Å². The Balaban J connectivity index is 1.81. The maximum Gasteiger partial charge on any atom is 0.233 e. The first kappa shape index (κ1) is 13.3. The summed E-state index contributed by atoms with van der Waals surface area (Å²) in [5.74, 6) is -0.0535. The second kappa shape index (κ2) is 5.04. The van der Waals surface area contributed by atoms with Crippen LogP contribution in [0, 0.1) is 18.8 Å². The van der Waals surface area contributed by atoms with Gasteiger partial charge in [0.1, 0.15) is 0 Å².